The van der Waals surface area contributed by atoms with Gasteiger partial charge in [-0.25, -0.2) is 0 Å². The third kappa shape index (κ3) is 5.45. The van der Waals surface area contributed by atoms with Crippen molar-refractivity contribution >= 4 is 5.91 Å². The van der Waals surface area contributed by atoms with Crippen molar-refractivity contribution in [1.29, 1.82) is 0 Å². The number of nitrogens with zero attached hydrogens (tertiary/aromatic N) is 2. The molecule has 2 aromatic rings. The molecule has 3 rings (SSSR count). The van der Waals surface area contributed by atoms with E-state index in [1.165, 1.54) is 0 Å². The number of amides is 1. The molecule has 1 aliphatic heterocycles. The van der Waals surface area contributed by atoms with Crippen molar-refractivity contribution in [2.24, 2.45) is 0 Å². The van der Waals surface area contributed by atoms with E-state index in [1.54, 1.807) is 25.3 Å². The van der Waals surface area contributed by atoms with E-state index in [2.05, 4.69) is 15.2 Å². The van der Waals surface area contributed by atoms with Gasteiger partial charge in [0.25, 0.3) is 5.91 Å². The molecule has 0 saturated carbocycles. The Labute approximate surface area is 166 Å². The lowest BCUT2D eigenvalue weighted by Crippen LogP contribution is -2.44. The maximum atomic E-state index is 12.7. The van der Waals surface area contributed by atoms with E-state index < -0.39 is 0 Å². The van der Waals surface area contributed by atoms with E-state index in [1.807, 2.05) is 38.2 Å². The molecule has 1 fully saturated rings. The number of nitrogens with one attached hydrogen (secondary N) is 1. The summed E-state index contributed by atoms with van der Waals surface area (Å²) >= 11 is 0. The van der Waals surface area contributed by atoms with Crippen LogP contribution in [0.4, 0.5) is 0 Å². The molecule has 6 heteroatoms. The molecule has 28 heavy (non-hydrogen) atoms. The minimum Gasteiger partial charge on any atom is -0.493 e. The Bertz CT molecular complexity index is 772. The molecule has 0 spiro atoms. The number of benzene rings is 1. The number of rotatable bonds is 7. The van der Waals surface area contributed by atoms with Gasteiger partial charge in [0.1, 0.15) is 0 Å². The van der Waals surface area contributed by atoms with Crippen molar-refractivity contribution in [2.45, 2.75) is 45.4 Å². The first kappa shape index (κ1) is 20.1. The lowest BCUT2D eigenvalue weighted by atomic mass is 10.0. The summed E-state index contributed by atoms with van der Waals surface area (Å²) in [5, 5.41) is 3.15. The number of ether oxygens (including phenoxy) is 2. The fourth-order valence-corrected chi connectivity index (χ4v) is 3.39. The van der Waals surface area contributed by atoms with E-state index in [9.17, 15) is 4.79 Å². The van der Waals surface area contributed by atoms with Gasteiger partial charge >= 0.3 is 0 Å². The van der Waals surface area contributed by atoms with Gasteiger partial charge in [-0.1, -0.05) is 6.07 Å². The average molecular weight is 383 g/mol. The summed E-state index contributed by atoms with van der Waals surface area (Å²) in [5.41, 5.74) is 1.67. The molecule has 1 aliphatic rings. The first-order chi connectivity index (χ1) is 13.5. The highest BCUT2D eigenvalue weighted by atomic mass is 16.5. The van der Waals surface area contributed by atoms with Crippen molar-refractivity contribution < 1.29 is 14.3 Å². The van der Waals surface area contributed by atoms with Gasteiger partial charge in [-0.3, -0.25) is 14.7 Å². The first-order valence-electron chi connectivity index (χ1n) is 9.83. The molecular formula is C22H29N3O3. The Balaban J connectivity index is 1.53. The number of pyridine rings is 1. The molecule has 1 aromatic heterocycles. The average Bonchev–Trinajstić information content (AvgIpc) is 2.70. The molecule has 0 bridgehead atoms. The largest absolute Gasteiger partial charge is 0.493 e. The molecule has 0 radical (unpaired) electrons. The number of likely N-dealkylation sites (tertiary alicyclic amines) is 1. The summed E-state index contributed by atoms with van der Waals surface area (Å²) in [6.07, 6.45) is 3.74. The van der Waals surface area contributed by atoms with E-state index in [0.29, 0.717) is 17.1 Å². The highest BCUT2D eigenvalue weighted by molar-refractivity contribution is 5.95. The van der Waals surface area contributed by atoms with Crippen molar-refractivity contribution in [3.05, 3.63) is 53.9 Å². The molecule has 1 N–H and O–H groups in total. The Morgan fingerprint density at radius 1 is 1.21 bits per heavy atom. The predicted octanol–water partition coefficient (Wildman–Crippen LogP) is 3.27. The number of hydrogen-bond donors (Lipinski definition) is 1. The van der Waals surface area contributed by atoms with Gasteiger partial charge < -0.3 is 14.8 Å². The Morgan fingerprint density at radius 2 is 2.00 bits per heavy atom. The van der Waals surface area contributed by atoms with Gasteiger partial charge in [0.2, 0.25) is 0 Å². The van der Waals surface area contributed by atoms with Crippen LogP contribution in [0.3, 0.4) is 0 Å². The van der Waals surface area contributed by atoms with Crippen molar-refractivity contribution in [3.63, 3.8) is 0 Å². The minimum absolute atomic E-state index is 0.0462. The SMILES string of the molecule is COc1cc(C(=O)NC2CCN(Cc3ccccn3)CC2)ccc1OC(C)C. The standard InChI is InChI=1S/C22H29N3O3/c1-16(2)28-20-8-7-17(14-21(20)27-3)22(26)24-18-9-12-25(13-10-18)15-19-6-4-5-11-23-19/h4-8,11,14,16,18H,9-10,12-13,15H2,1-3H3,(H,24,26). The second kappa shape index (κ2) is 9.55. The zero-order valence-corrected chi connectivity index (χ0v) is 16.9. The third-order valence-electron chi connectivity index (χ3n) is 4.82. The summed E-state index contributed by atoms with van der Waals surface area (Å²) in [7, 11) is 1.58. The number of hydrogen-bond acceptors (Lipinski definition) is 5. The van der Waals surface area contributed by atoms with E-state index in [4.69, 9.17) is 9.47 Å². The number of carbonyl (C=O) groups is 1. The van der Waals surface area contributed by atoms with Gasteiger partial charge in [-0.2, -0.15) is 0 Å². The Kier molecular flexibility index (Phi) is 6.87. The Hall–Kier alpha value is -2.60. The molecule has 6 nitrogen and oxygen atoms in total. The van der Waals surface area contributed by atoms with E-state index in [0.717, 1.165) is 38.2 Å². The van der Waals surface area contributed by atoms with Crippen LogP contribution in [-0.2, 0) is 6.54 Å². The topological polar surface area (TPSA) is 63.7 Å². The summed E-state index contributed by atoms with van der Waals surface area (Å²) in [6, 6.07) is 11.5. The number of carbonyl (C=O) groups excluding carboxylic acids is 1. The minimum atomic E-state index is -0.0717. The highest BCUT2D eigenvalue weighted by Gasteiger charge is 2.22. The van der Waals surface area contributed by atoms with Crippen LogP contribution < -0.4 is 14.8 Å². The van der Waals surface area contributed by atoms with E-state index in [-0.39, 0.29) is 18.1 Å². The monoisotopic (exact) mass is 383 g/mol. The molecule has 0 atom stereocenters. The third-order valence-corrected chi connectivity index (χ3v) is 4.82. The smallest absolute Gasteiger partial charge is 0.251 e. The number of methoxy groups -OCH3 is 1. The maximum Gasteiger partial charge on any atom is 0.251 e. The zero-order chi connectivity index (χ0) is 19.9. The molecule has 0 aliphatic carbocycles. The Morgan fingerprint density at radius 3 is 2.64 bits per heavy atom. The van der Waals surface area contributed by atoms with Crippen LogP contribution >= 0.6 is 0 Å². The van der Waals surface area contributed by atoms with Gasteiger partial charge in [0.15, 0.2) is 11.5 Å². The molecule has 150 valence electrons. The van der Waals surface area contributed by atoms with Crippen LogP contribution in [0.25, 0.3) is 0 Å². The van der Waals surface area contributed by atoms with Crippen LogP contribution in [0.5, 0.6) is 11.5 Å². The fraction of sp³-hybridized carbons (Fsp3) is 0.455. The summed E-state index contributed by atoms with van der Waals surface area (Å²) < 4.78 is 11.1. The van der Waals surface area contributed by atoms with Gasteiger partial charge in [0.05, 0.1) is 18.9 Å². The zero-order valence-electron chi connectivity index (χ0n) is 16.9. The van der Waals surface area contributed by atoms with Crippen LogP contribution in [0.2, 0.25) is 0 Å². The lowest BCUT2D eigenvalue weighted by molar-refractivity contribution is 0.0908. The molecule has 2 heterocycles. The van der Waals surface area contributed by atoms with Crippen molar-refractivity contribution in [1.82, 2.24) is 15.2 Å². The lowest BCUT2D eigenvalue weighted by Gasteiger charge is -2.32. The van der Waals surface area contributed by atoms with Gasteiger partial charge in [-0.15, -0.1) is 0 Å². The maximum absolute atomic E-state index is 12.7. The summed E-state index contributed by atoms with van der Waals surface area (Å²) in [4.78, 5) is 19.4. The first-order valence-corrected chi connectivity index (χ1v) is 9.83. The van der Waals surface area contributed by atoms with Gasteiger partial charge in [-0.05, 0) is 57.0 Å². The van der Waals surface area contributed by atoms with Crippen LogP contribution in [0.15, 0.2) is 42.6 Å². The highest BCUT2D eigenvalue weighted by Crippen LogP contribution is 2.29. The van der Waals surface area contributed by atoms with Crippen LogP contribution in [-0.4, -0.2) is 48.1 Å². The quantitative estimate of drug-likeness (QED) is 0.795. The molecule has 1 aromatic carbocycles. The molecule has 1 saturated heterocycles. The fourth-order valence-electron chi connectivity index (χ4n) is 3.39. The summed E-state index contributed by atoms with van der Waals surface area (Å²) in [6.45, 7) is 6.68. The molecular weight excluding hydrogens is 354 g/mol. The second-order valence-electron chi connectivity index (χ2n) is 7.38. The number of piperidine rings is 1. The molecule has 0 unspecified atom stereocenters. The van der Waals surface area contributed by atoms with Crippen molar-refractivity contribution in [2.75, 3.05) is 20.2 Å². The van der Waals surface area contributed by atoms with Crippen LogP contribution in [0.1, 0.15) is 42.7 Å². The van der Waals surface area contributed by atoms with E-state index >= 15 is 0 Å². The number of aromatic nitrogens is 1. The molecule has 1 amide bonds. The summed E-state index contributed by atoms with van der Waals surface area (Å²) in [5.74, 6) is 1.15. The van der Waals surface area contributed by atoms with Crippen LogP contribution in [0, 0.1) is 0 Å². The normalized spacial score (nSPS) is 15.4. The second-order valence-corrected chi connectivity index (χ2v) is 7.38. The predicted molar refractivity (Wildman–Crippen MR) is 109 cm³/mol. The van der Waals surface area contributed by atoms with Crippen molar-refractivity contribution in [3.8, 4) is 11.5 Å². The van der Waals surface area contributed by atoms with Gasteiger partial charge in [0, 0.05) is 37.4 Å².